The number of nitrogens with one attached hydrogen (secondary N) is 1. The van der Waals surface area contributed by atoms with E-state index in [0.717, 1.165) is 16.9 Å². The minimum Gasteiger partial charge on any atom is -0.464 e. The Hall–Kier alpha value is -2.86. The molecule has 29 heavy (non-hydrogen) atoms. The smallest absolute Gasteiger partial charge is 0.332 e. The van der Waals surface area contributed by atoms with E-state index in [2.05, 4.69) is 30.0 Å². The van der Waals surface area contributed by atoms with Gasteiger partial charge in [-0.05, 0) is 55.8 Å². The molecule has 0 aliphatic carbocycles. The van der Waals surface area contributed by atoms with Crippen molar-refractivity contribution in [2.24, 2.45) is 0 Å². The Labute approximate surface area is 170 Å². The normalized spacial score (nSPS) is 14.1. The summed E-state index contributed by atoms with van der Waals surface area (Å²) < 4.78 is 19.0. The summed E-state index contributed by atoms with van der Waals surface area (Å²) in [5, 5.41) is 14.2. The standard InChI is InChI=1S/C20H23FN5O2P/c1-4-28-19(27)13(2)26-24-18(23-25-26)16-7-5-6-8-17(16)22-15-11-9-14(10-12-15)20(3,21)29/h5-13,22H,4,29H2,1-3H3. The van der Waals surface area contributed by atoms with Gasteiger partial charge in [0.1, 0.15) is 5.41 Å². The lowest BCUT2D eigenvalue weighted by Crippen LogP contribution is -2.21. The number of carbonyl (C=O) groups is 1. The van der Waals surface area contributed by atoms with Crippen LogP contribution in [0, 0.1) is 0 Å². The number of halogens is 1. The van der Waals surface area contributed by atoms with Crippen molar-refractivity contribution in [3.8, 4) is 11.4 Å². The van der Waals surface area contributed by atoms with Crippen LogP contribution in [-0.4, -0.2) is 32.8 Å². The maximum Gasteiger partial charge on any atom is 0.332 e. The largest absolute Gasteiger partial charge is 0.464 e. The van der Waals surface area contributed by atoms with Crippen LogP contribution in [0.1, 0.15) is 32.4 Å². The zero-order chi connectivity index (χ0) is 21.0. The Bertz CT molecular complexity index is 985. The summed E-state index contributed by atoms with van der Waals surface area (Å²) in [6.45, 7) is 5.17. The van der Waals surface area contributed by atoms with Crippen LogP contribution in [0.15, 0.2) is 48.5 Å². The summed E-state index contributed by atoms with van der Waals surface area (Å²) >= 11 is 0. The van der Waals surface area contributed by atoms with Gasteiger partial charge in [0, 0.05) is 16.9 Å². The molecule has 0 radical (unpaired) electrons. The third kappa shape index (κ3) is 4.95. The number of hydrogen-bond acceptors (Lipinski definition) is 6. The fraction of sp³-hybridized carbons (Fsp3) is 0.300. The summed E-state index contributed by atoms with van der Waals surface area (Å²) in [5.74, 6) is -0.0425. The van der Waals surface area contributed by atoms with Crippen molar-refractivity contribution in [3.05, 3.63) is 54.1 Å². The minimum absolute atomic E-state index is 0.286. The van der Waals surface area contributed by atoms with Crippen LogP contribution in [0.2, 0.25) is 0 Å². The quantitative estimate of drug-likeness (QED) is 0.460. The summed E-state index contributed by atoms with van der Waals surface area (Å²) in [5.41, 5.74) is 2.85. The highest BCUT2D eigenvalue weighted by molar-refractivity contribution is 7.18. The van der Waals surface area contributed by atoms with Gasteiger partial charge in [-0.2, -0.15) is 0 Å². The molecule has 0 amide bonds. The van der Waals surface area contributed by atoms with E-state index in [0.29, 0.717) is 11.4 Å². The zero-order valence-corrected chi connectivity index (χ0v) is 17.6. The number of para-hydroxylation sites is 1. The van der Waals surface area contributed by atoms with E-state index < -0.39 is 17.4 Å². The van der Waals surface area contributed by atoms with Gasteiger partial charge in [0.2, 0.25) is 5.82 Å². The predicted octanol–water partition coefficient (Wildman–Crippen LogP) is 4.23. The number of esters is 1. The molecular weight excluding hydrogens is 392 g/mol. The molecule has 1 N–H and O–H groups in total. The molecule has 0 saturated heterocycles. The molecule has 0 saturated carbocycles. The van der Waals surface area contributed by atoms with Crippen molar-refractivity contribution in [1.82, 2.24) is 20.2 Å². The van der Waals surface area contributed by atoms with E-state index in [-0.39, 0.29) is 6.61 Å². The van der Waals surface area contributed by atoms with Gasteiger partial charge in [-0.3, -0.25) is 0 Å². The number of tetrazole rings is 1. The topological polar surface area (TPSA) is 81.9 Å². The Kier molecular flexibility index (Phi) is 6.23. The maximum atomic E-state index is 14.0. The van der Waals surface area contributed by atoms with Crippen molar-refractivity contribution in [1.29, 1.82) is 0 Å². The number of rotatable bonds is 7. The van der Waals surface area contributed by atoms with Crippen molar-refractivity contribution in [3.63, 3.8) is 0 Å². The molecule has 1 aromatic heterocycles. The SMILES string of the molecule is CCOC(=O)C(C)n1nnc(-c2ccccc2Nc2ccc(C(C)(F)P)cc2)n1. The van der Waals surface area contributed by atoms with Gasteiger partial charge in [0.25, 0.3) is 0 Å². The van der Waals surface area contributed by atoms with Gasteiger partial charge in [-0.25, -0.2) is 9.18 Å². The van der Waals surface area contributed by atoms with Crippen LogP contribution in [-0.2, 0) is 14.9 Å². The third-order valence-electron chi connectivity index (χ3n) is 4.30. The Morgan fingerprint density at radius 3 is 2.62 bits per heavy atom. The lowest BCUT2D eigenvalue weighted by atomic mass is 10.1. The number of nitrogens with zero attached hydrogens (tertiary/aromatic N) is 4. The molecule has 0 bridgehead atoms. The average Bonchev–Trinajstić information content (AvgIpc) is 3.17. The summed E-state index contributed by atoms with van der Waals surface area (Å²) in [4.78, 5) is 13.1. The number of carbonyl (C=O) groups excluding carboxylic acids is 1. The van der Waals surface area contributed by atoms with Gasteiger partial charge in [0.15, 0.2) is 6.04 Å². The van der Waals surface area contributed by atoms with E-state index in [1.807, 2.05) is 24.3 Å². The van der Waals surface area contributed by atoms with Gasteiger partial charge < -0.3 is 10.1 Å². The van der Waals surface area contributed by atoms with E-state index in [9.17, 15) is 9.18 Å². The highest BCUT2D eigenvalue weighted by Gasteiger charge is 2.21. The molecule has 7 nitrogen and oxygen atoms in total. The van der Waals surface area contributed by atoms with Crippen molar-refractivity contribution in [2.75, 3.05) is 11.9 Å². The lowest BCUT2D eigenvalue weighted by Gasteiger charge is -2.15. The fourth-order valence-corrected chi connectivity index (χ4v) is 2.87. The summed E-state index contributed by atoms with van der Waals surface area (Å²) in [6.07, 6.45) is 0. The number of alkyl halides is 1. The Morgan fingerprint density at radius 2 is 1.97 bits per heavy atom. The van der Waals surface area contributed by atoms with Crippen LogP contribution in [0.5, 0.6) is 0 Å². The van der Waals surface area contributed by atoms with E-state index in [1.165, 1.54) is 11.7 Å². The van der Waals surface area contributed by atoms with Crippen molar-refractivity contribution in [2.45, 2.75) is 32.2 Å². The molecule has 0 aliphatic heterocycles. The molecular formula is C20H23FN5O2P. The van der Waals surface area contributed by atoms with Crippen LogP contribution in [0.3, 0.4) is 0 Å². The summed E-state index contributed by atoms with van der Waals surface area (Å²) in [6, 6.07) is 13.9. The monoisotopic (exact) mass is 415 g/mol. The predicted molar refractivity (Wildman–Crippen MR) is 112 cm³/mol. The molecule has 3 unspecified atom stereocenters. The van der Waals surface area contributed by atoms with Crippen LogP contribution in [0.4, 0.5) is 15.8 Å². The van der Waals surface area contributed by atoms with Crippen molar-refractivity contribution < 1.29 is 13.9 Å². The highest BCUT2D eigenvalue weighted by atomic mass is 31.0. The first-order valence-electron chi connectivity index (χ1n) is 9.20. The minimum atomic E-state index is -1.48. The second-order valence-corrected chi connectivity index (χ2v) is 7.77. The second-order valence-electron chi connectivity index (χ2n) is 6.68. The molecule has 0 aliphatic rings. The summed E-state index contributed by atoms with van der Waals surface area (Å²) in [7, 11) is 2.18. The Balaban J connectivity index is 1.84. The molecule has 152 valence electrons. The first kappa shape index (κ1) is 20.9. The first-order chi connectivity index (χ1) is 13.8. The molecule has 1 heterocycles. The third-order valence-corrected chi connectivity index (χ3v) is 4.63. The number of ether oxygens (including phenoxy) is 1. The number of benzene rings is 2. The molecule has 3 atom stereocenters. The number of aromatic nitrogens is 4. The van der Waals surface area contributed by atoms with Gasteiger partial charge in [-0.15, -0.1) is 15.0 Å². The molecule has 3 aromatic rings. The van der Waals surface area contributed by atoms with E-state index in [1.54, 1.807) is 38.1 Å². The maximum absolute atomic E-state index is 14.0. The molecule has 2 aromatic carbocycles. The van der Waals surface area contributed by atoms with Crippen LogP contribution < -0.4 is 5.32 Å². The van der Waals surface area contributed by atoms with Gasteiger partial charge >= 0.3 is 5.97 Å². The van der Waals surface area contributed by atoms with Gasteiger partial charge in [0.05, 0.1) is 6.61 Å². The Morgan fingerprint density at radius 1 is 1.28 bits per heavy atom. The molecule has 9 heteroatoms. The highest BCUT2D eigenvalue weighted by Crippen LogP contribution is 2.34. The molecule has 3 rings (SSSR count). The molecule has 0 spiro atoms. The zero-order valence-electron chi connectivity index (χ0n) is 16.5. The number of anilines is 2. The number of hydrogen-bond donors (Lipinski definition) is 1. The average molecular weight is 415 g/mol. The first-order valence-corrected chi connectivity index (χ1v) is 9.78. The fourth-order valence-electron chi connectivity index (χ4n) is 2.68. The van der Waals surface area contributed by atoms with Gasteiger partial charge in [-0.1, -0.05) is 33.5 Å². The lowest BCUT2D eigenvalue weighted by molar-refractivity contribution is -0.147. The van der Waals surface area contributed by atoms with E-state index in [4.69, 9.17) is 4.74 Å². The second kappa shape index (κ2) is 8.66. The van der Waals surface area contributed by atoms with Crippen molar-refractivity contribution >= 4 is 26.6 Å². The van der Waals surface area contributed by atoms with Crippen LogP contribution >= 0.6 is 9.24 Å². The van der Waals surface area contributed by atoms with Crippen LogP contribution in [0.25, 0.3) is 11.4 Å². The molecule has 0 fully saturated rings. The van der Waals surface area contributed by atoms with E-state index >= 15 is 0 Å².